The number of fused-ring (bicyclic) bond motifs is 3. The van der Waals surface area contributed by atoms with Crippen LogP contribution in [0.25, 0.3) is 0 Å². The molecule has 0 aromatic rings. The Morgan fingerprint density at radius 3 is 1.98 bits per heavy atom. The fourth-order valence-electron chi connectivity index (χ4n) is 7.07. The molecule has 45 heavy (non-hydrogen) atoms. The van der Waals surface area contributed by atoms with E-state index < -0.39 is 19.9 Å². The maximum atomic E-state index is 12.7. The van der Waals surface area contributed by atoms with E-state index in [0.29, 0.717) is 6.61 Å². The summed E-state index contributed by atoms with van der Waals surface area (Å²) in [6, 6.07) is 0. The number of unbranched alkanes of at least 4 members (excludes halogenated alkanes) is 13. The average molecular weight is 655 g/mol. The van der Waals surface area contributed by atoms with Gasteiger partial charge in [-0.05, 0) is 30.9 Å². The first-order valence-corrected chi connectivity index (χ1v) is 19.8. The average Bonchev–Trinajstić information content (AvgIpc) is 3.03. The maximum Gasteiger partial charge on any atom is 0.472 e. The van der Waals surface area contributed by atoms with Crippen LogP contribution in [0, 0.1) is 11.3 Å². The normalized spacial score (nSPS) is 26.4. The van der Waals surface area contributed by atoms with Crippen molar-refractivity contribution in [2.45, 2.75) is 142 Å². The van der Waals surface area contributed by atoms with Gasteiger partial charge < -0.3 is 14.4 Å². The van der Waals surface area contributed by atoms with Crippen molar-refractivity contribution in [1.29, 1.82) is 0 Å². The predicted octanol–water partition coefficient (Wildman–Crippen LogP) is 9.03. The molecule has 3 atom stereocenters. The number of quaternary nitrogens is 1. The van der Waals surface area contributed by atoms with Gasteiger partial charge in [-0.2, -0.15) is 0 Å². The molecule has 3 aliphatic heterocycles. The van der Waals surface area contributed by atoms with E-state index in [4.69, 9.17) is 18.5 Å². The van der Waals surface area contributed by atoms with Crippen molar-refractivity contribution in [1.82, 2.24) is 0 Å². The summed E-state index contributed by atoms with van der Waals surface area (Å²) >= 11 is 0. The fourth-order valence-corrected chi connectivity index (χ4v) is 7.96. The highest BCUT2D eigenvalue weighted by molar-refractivity contribution is 7.47. The van der Waals surface area contributed by atoms with E-state index in [-0.39, 0.29) is 25.2 Å². The third-order valence-corrected chi connectivity index (χ3v) is 11.1. The molecule has 3 heterocycles. The third-order valence-electron chi connectivity index (χ3n) is 10.1. The van der Waals surface area contributed by atoms with Gasteiger partial charge in [-0.15, -0.1) is 0 Å². The second-order valence-electron chi connectivity index (χ2n) is 14.3. The number of nitrogens with zero attached hydrogens (tertiary/aromatic N) is 1. The third kappa shape index (κ3) is 14.7. The monoisotopic (exact) mass is 654 g/mol. The topological polar surface area (TPSA) is 91.3 Å². The summed E-state index contributed by atoms with van der Waals surface area (Å²) in [6.45, 7) is 9.76. The molecular formula is C36H65NO7P+. The zero-order valence-electron chi connectivity index (χ0n) is 28.9. The van der Waals surface area contributed by atoms with E-state index >= 15 is 0 Å². The van der Waals surface area contributed by atoms with E-state index in [1.54, 1.807) is 0 Å². The smallest absolute Gasteiger partial charge is 0.458 e. The summed E-state index contributed by atoms with van der Waals surface area (Å²) in [5.74, 6) is 0.431. The molecule has 0 saturated carbocycles. The first-order valence-electron chi connectivity index (χ1n) is 18.3. The van der Waals surface area contributed by atoms with Gasteiger partial charge >= 0.3 is 13.8 Å². The van der Waals surface area contributed by atoms with Crippen molar-refractivity contribution in [3.05, 3.63) is 23.9 Å². The quantitative estimate of drug-likeness (QED) is 0.0455. The number of rotatable bonds is 25. The van der Waals surface area contributed by atoms with Gasteiger partial charge in [-0.25, -0.2) is 4.57 Å². The van der Waals surface area contributed by atoms with Crippen LogP contribution in [-0.4, -0.2) is 67.5 Å². The van der Waals surface area contributed by atoms with Crippen LogP contribution >= 0.6 is 7.82 Å². The number of hydrogen-bond donors (Lipinski definition) is 1. The van der Waals surface area contributed by atoms with Crippen LogP contribution in [0.2, 0.25) is 0 Å². The Hall–Kier alpha value is -1.02. The molecule has 3 fully saturated rings. The lowest BCUT2D eigenvalue weighted by molar-refractivity contribution is -0.905. The Bertz CT molecular complexity index is 947. The van der Waals surface area contributed by atoms with Gasteiger partial charge in [0.15, 0.2) is 0 Å². The van der Waals surface area contributed by atoms with Crippen LogP contribution in [0.4, 0.5) is 0 Å². The summed E-state index contributed by atoms with van der Waals surface area (Å²) in [7, 11) is -4.33. The predicted molar refractivity (Wildman–Crippen MR) is 181 cm³/mol. The minimum absolute atomic E-state index is 0.0665. The molecule has 0 radical (unpaired) electrons. The van der Waals surface area contributed by atoms with E-state index in [9.17, 15) is 14.3 Å². The fraction of sp³-hybridized carbons (Fsp3) is 0.861. The number of allylic oxidation sites excluding steroid dienone is 2. The molecule has 0 aromatic carbocycles. The first-order chi connectivity index (χ1) is 21.7. The lowest BCUT2D eigenvalue weighted by Gasteiger charge is -2.50. The molecule has 1 N–H and O–H groups in total. The van der Waals surface area contributed by atoms with Crippen LogP contribution in [0.5, 0.6) is 0 Å². The van der Waals surface area contributed by atoms with Gasteiger partial charge in [0.1, 0.15) is 11.8 Å². The summed E-state index contributed by atoms with van der Waals surface area (Å²) in [5, 5.41) is 0. The molecule has 3 unspecified atom stereocenters. The Kier molecular flexibility index (Phi) is 17.4. The van der Waals surface area contributed by atoms with Gasteiger partial charge in [-0.3, -0.25) is 18.3 Å². The zero-order chi connectivity index (χ0) is 32.4. The highest BCUT2D eigenvalue weighted by Crippen LogP contribution is 2.47. The lowest BCUT2D eigenvalue weighted by Crippen LogP contribution is -2.57. The van der Waals surface area contributed by atoms with E-state index in [1.807, 2.05) is 6.92 Å². The Balaban J connectivity index is 1.24. The molecule has 0 amide bonds. The summed E-state index contributed by atoms with van der Waals surface area (Å²) in [5.41, 5.74) is 0.997. The van der Waals surface area contributed by atoms with Crippen LogP contribution in [0.1, 0.15) is 136 Å². The van der Waals surface area contributed by atoms with Crippen molar-refractivity contribution in [2.24, 2.45) is 11.3 Å². The molecule has 9 heteroatoms. The van der Waals surface area contributed by atoms with Crippen LogP contribution in [-0.2, 0) is 27.9 Å². The number of ether oxygens (including phenoxy) is 2. The number of phosphoric ester groups is 1. The van der Waals surface area contributed by atoms with E-state index in [1.165, 1.54) is 129 Å². The molecule has 0 spiro atoms. The number of piperidine rings is 3. The highest BCUT2D eigenvalue weighted by Gasteiger charge is 2.43. The molecule has 4 aliphatic rings. The van der Waals surface area contributed by atoms with E-state index in [0.717, 1.165) is 29.7 Å². The van der Waals surface area contributed by atoms with Gasteiger partial charge in [0.2, 0.25) is 0 Å². The molecule has 8 nitrogen and oxygen atoms in total. The molecule has 260 valence electrons. The second-order valence-corrected chi connectivity index (χ2v) is 15.8. The van der Waals surface area contributed by atoms with Gasteiger partial charge in [0.05, 0.1) is 39.5 Å². The minimum Gasteiger partial charge on any atom is -0.458 e. The number of carbonyl (C=O) groups is 1. The number of carbonyl (C=O) groups excluding carboxylic acids is 1. The van der Waals surface area contributed by atoms with Crippen LogP contribution < -0.4 is 0 Å². The second kappa shape index (κ2) is 20.4. The molecule has 2 bridgehead atoms. The van der Waals surface area contributed by atoms with Crippen molar-refractivity contribution >= 4 is 13.8 Å². The lowest BCUT2D eigenvalue weighted by atomic mass is 9.81. The number of esters is 1. The summed E-state index contributed by atoms with van der Waals surface area (Å²) in [6.07, 6.45) is 28.7. The maximum absolute atomic E-state index is 12.7. The Morgan fingerprint density at radius 1 is 0.911 bits per heavy atom. The van der Waals surface area contributed by atoms with E-state index in [2.05, 4.69) is 25.2 Å². The number of hydrogen-bond acceptors (Lipinski definition) is 6. The molecule has 1 aliphatic carbocycles. The molecule has 0 aromatic heterocycles. The zero-order valence-corrected chi connectivity index (χ0v) is 29.7. The SMILES string of the molecule is CCCCCCCCCCCCCCCCOCC(COP(=O)(O)OCC1(C)C=CC([N+]23CCC(CC2)CC3)=CC1)OC(C)=O. The molecular weight excluding hydrogens is 589 g/mol. The van der Waals surface area contributed by atoms with Crippen LogP contribution in [0.3, 0.4) is 0 Å². The minimum atomic E-state index is -4.33. The van der Waals surface area contributed by atoms with Crippen LogP contribution in [0.15, 0.2) is 23.9 Å². The first kappa shape index (κ1) is 38.4. The van der Waals surface area contributed by atoms with Gasteiger partial charge in [0.25, 0.3) is 0 Å². The number of phosphoric acid groups is 1. The van der Waals surface area contributed by atoms with Crippen molar-refractivity contribution < 1.29 is 37.3 Å². The molecule has 4 rings (SSSR count). The Morgan fingerprint density at radius 2 is 1.47 bits per heavy atom. The van der Waals surface area contributed by atoms with Crippen molar-refractivity contribution in [3.63, 3.8) is 0 Å². The van der Waals surface area contributed by atoms with Crippen molar-refractivity contribution in [2.75, 3.05) is 46.1 Å². The van der Waals surface area contributed by atoms with Gasteiger partial charge in [-0.1, -0.05) is 103 Å². The molecule has 3 saturated heterocycles. The summed E-state index contributed by atoms with van der Waals surface area (Å²) < 4.78 is 35.5. The highest BCUT2D eigenvalue weighted by atomic mass is 31.2. The standard InChI is InChI=1S/C36H64NO7P/c1-4-5-6-7-8-9-10-11-12-13-14-15-16-17-28-41-29-35(44-32(2)38)30-42-45(39,40)43-31-36(3)23-18-34(19-24-36)37-25-20-33(21-26-37)22-27-37/h18-19,23,33,35H,4-17,20-22,24-31H2,1-3H3/p+1. The Labute approximate surface area is 274 Å². The summed E-state index contributed by atoms with van der Waals surface area (Å²) in [4.78, 5) is 22.0. The van der Waals surface area contributed by atoms with Crippen molar-refractivity contribution in [3.8, 4) is 0 Å². The largest absolute Gasteiger partial charge is 0.472 e. The van der Waals surface area contributed by atoms with Gasteiger partial charge in [0, 0.05) is 38.2 Å².